The molecule has 0 saturated heterocycles. The molecule has 2 amide bonds. The number of benzene rings is 1. The van der Waals surface area contributed by atoms with Crippen molar-refractivity contribution in [3.8, 4) is 0 Å². The largest absolute Gasteiger partial charge is 0.465 e. The van der Waals surface area contributed by atoms with Crippen LogP contribution in [0.15, 0.2) is 24.3 Å². The topological polar surface area (TPSA) is 66.9 Å². The minimum Gasteiger partial charge on any atom is -0.465 e. The first-order valence-electron chi connectivity index (χ1n) is 8.68. The molecule has 0 atom stereocenters. The summed E-state index contributed by atoms with van der Waals surface area (Å²) < 4.78 is 4.67. The smallest absolute Gasteiger partial charge is 0.337 e. The quantitative estimate of drug-likeness (QED) is 0.644. The SMILES string of the molecule is CCCN(CCC)C(=O)CCN(C(C)=O)c1ccc(C(=O)OC)cc1. The van der Waals surface area contributed by atoms with E-state index in [1.807, 2.05) is 18.7 Å². The number of ether oxygens (including phenoxy) is 1. The lowest BCUT2D eigenvalue weighted by Gasteiger charge is -2.25. The Kier molecular flexibility index (Phi) is 8.67. The Morgan fingerprint density at radius 2 is 1.52 bits per heavy atom. The number of esters is 1. The number of hydrogen-bond acceptors (Lipinski definition) is 4. The van der Waals surface area contributed by atoms with Crippen molar-refractivity contribution in [1.29, 1.82) is 0 Å². The average molecular weight is 348 g/mol. The standard InChI is InChI=1S/C19H28N2O4/c1-5-12-20(13-6-2)18(23)11-14-21(15(3)22)17-9-7-16(8-10-17)19(24)25-4/h7-10H,5-6,11-14H2,1-4H3. The Balaban J connectivity index is 2.79. The number of rotatable bonds is 9. The molecule has 6 heteroatoms. The van der Waals surface area contributed by atoms with Gasteiger partial charge >= 0.3 is 5.97 Å². The maximum absolute atomic E-state index is 12.4. The van der Waals surface area contributed by atoms with Gasteiger partial charge in [0.05, 0.1) is 12.7 Å². The van der Waals surface area contributed by atoms with E-state index in [9.17, 15) is 14.4 Å². The summed E-state index contributed by atoms with van der Waals surface area (Å²) in [7, 11) is 1.32. The number of anilines is 1. The van der Waals surface area contributed by atoms with Gasteiger partial charge in [-0.1, -0.05) is 13.8 Å². The van der Waals surface area contributed by atoms with Gasteiger partial charge in [0.25, 0.3) is 0 Å². The zero-order chi connectivity index (χ0) is 18.8. The zero-order valence-corrected chi connectivity index (χ0v) is 15.6. The Morgan fingerprint density at radius 3 is 1.96 bits per heavy atom. The van der Waals surface area contributed by atoms with Gasteiger partial charge in [0, 0.05) is 38.7 Å². The molecule has 6 nitrogen and oxygen atoms in total. The molecule has 0 saturated carbocycles. The molecule has 0 aromatic heterocycles. The molecule has 138 valence electrons. The Hall–Kier alpha value is -2.37. The summed E-state index contributed by atoms with van der Waals surface area (Å²) in [5.74, 6) is -0.511. The molecule has 1 aromatic carbocycles. The zero-order valence-electron chi connectivity index (χ0n) is 15.6. The van der Waals surface area contributed by atoms with Crippen molar-refractivity contribution in [3.05, 3.63) is 29.8 Å². The van der Waals surface area contributed by atoms with Crippen LogP contribution in [0.2, 0.25) is 0 Å². The van der Waals surface area contributed by atoms with E-state index < -0.39 is 5.97 Å². The molecule has 0 aliphatic carbocycles. The molecule has 0 aliphatic heterocycles. The van der Waals surface area contributed by atoms with E-state index in [2.05, 4.69) is 4.74 Å². The second kappa shape index (κ2) is 10.5. The molecule has 0 spiro atoms. The van der Waals surface area contributed by atoms with Gasteiger partial charge in [-0.3, -0.25) is 9.59 Å². The summed E-state index contributed by atoms with van der Waals surface area (Å²) in [5, 5.41) is 0. The van der Waals surface area contributed by atoms with E-state index in [1.165, 1.54) is 14.0 Å². The summed E-state index contributed by atoms with van der Waals surface area (Å²) >= 11 is 0. The second-order valence-corrected chi connectivity index (χ2v) is 5.84. The van der Waals surface area contributed by atoms with Crippen LogP contribution in [0.1, 0.15) is 50.4 Å². The van der Waals surface area contributed by atoms with Crippen LogP contribution in [-0.2, 0) is 14.3 Å². The lowest BCUT2D eigenvalue weighted by atomic mass is 10.2. The van der Waals surface area contributed by atoms with Crippen molar-refractivity contribution in [1.82, 2.24) is 4.90 Å². The van der Waals surface area contributed by atoms with Crippen LogP contribution >= 0.6 is 0 Å². The molecule has 0 N–H and O–H groups in total. The van der Waals surface area contributed by atoms with Crippen LogP contribution in [0.4, 0.5) is 5.69 Å². The third-order valence-electron chi connectivity index (χ3n) is 3.87. The molecule has 0 unspecified atom stereocenters. The van der Waals surface area contributed by atoms with Crippen molar-refractivity contribution in [2.75, 3.05) is 31.6 Å². The van der Waals surface area contributed by atoms with E-state index in [0.717, 1.165) is 25.9 Å². The van der Waals surface area contributed by atoms with Gasteiger partial charge in [0.15, 0.2) is 0 Å². The second-order valence-electron chi connectivity index (χ2n) is 5.84. The Morgan fingerprint density at radius 1 is 0.960 bits per heavy atom. The summed E-state index contributed by atoms with van der Waals surface area (Å²) in [4.78, 5) is 39.2. The van der Waals surface area contributed by atoms with Crippen LogP contribution in [0.25, 0.3) is 0 Å². The normalized spacial score (nSPS) is 10.2. The Labute approximate surface area is 149 Å². The molecule has 0 aliphatic rings. The van der Waals surface area contributed by atoms with Crippen molar-refractivity contribution in [2.24, 2.45) is 0 Å². The third kappa shape index (κ3) is 6.21. The predicted molar refractivity (Wildman–Crippen MR) is 97.6 cm³/mol. The first-order valence-corrected chi connectivity index (χ1v) is 8.68. The van der Waals surface area contributed by atoms with E-state index in [1.54, 1.807) is 29.2 Å². The molecule has 25 heavy (non-hydrogen) atoms. The first-order chi connectivity index (χ1) is 11.9. The maximum atomic E-state index is 12.4. The molecule has 0 heterocycles. The number of nitrogens with zero attached hydrogens (tertiary/aromatic N) is 2. The highest BCUT2D eigenvalue weighted by atomic mass is 16.5. The van der Waals surface area contributed by atoms with Gasteiger partial charge in [-0.05, 0) is 37.1 Å². The highest BCUT2D eigenvalue weighted by Crippen LogP contribution is 2.17. The highest BCUT2D eigenvalue weighted by Gasteiger charge is 2.17. The van der Waals surface area contributed by atoms with Crippen LogP contribution in [0.5, 0.6) is 0 Å². The number of methoxy groups -OCH3 is 1. The fraction of sp³-hybridized carbons (Fsp3) is 0.526. The number of carbonyl (C=O) groups excluding carboxylic acids is 3. The molecule has 1 rings (SSSR count). The lowest BCUT2D eigenvalue weighted by molar-refractivity contribution is -0.131. The average Bonchev–Trinajstić information content (AvgIpc) is 2.61. The van der Waals surface area contributed by atoms with Crippen LogP contribution in [-0.4, -0.2) is 49.4 Å². The van der Waals surface area contributed by atoms with Crippen LogP contribution in [0, 0.1) is 0 Å². The summed E-state index contributed by atoms with van der Waals surface area (Å²) in [5.41, 5.74) is 1.08. The van der Waals surface area contributed by atoms with Gasteiger partial charge in [-0.25, -0.2) is 4.79 Å². The fourth-order valence-corrected chi connectivity index (χ4v) is 2.63. The van der Waals surface area contributed by atoms with Crippen molar-refractivity contribution in [2.45, 2.75) is 40.0 Å². The van der Waals surface area contributed by atoms with Gasteiger partial charge in [-0.2, -0.15) is 0 Å². The van der Waals surface area contributed by atoms with Crippen molar-refractivity contribution >= 4 is 23.5 Å². The number of hydrogen-bond donors (Lipinski definition) is 0. The fourth-order valence-electron chi connectivity index (χ4n) is 2.63. The molecule has 1 aromatic rings. The highest BCUT2D eigenvalue weighted by molar-refractivity contribution is 5.94. The lowest BCUT2D eigenvalue weighted by Crippen LogP contribution is -2.37. The summed E-state index contributed by atoms with van der Waals surface area (Å²) in [6.07, 6.45) is 2.10. The predicted octanol–water partition coefficient (Wildman–Crippen LogP) is 2.86. The van der Waals surface area contributed by atoms with E-state index in [-0.39, 0.29) is 18.2 Å². The number of amides is 2. The van der Waals surface area contributed by atoms with Crippen LogP contribution in [0.3, 0.4) is 0 Å². The van der Waals surface area contributed by atoms with Crippen LogP contribution < -0.4 is 4.90 Å². The molecule has 0 bridgehead atoms. The summed E-state index contributed by atoms with van der Waals surface area (Å²) in [6, 6.07) is 6.60. The van der Waals surface area contributed by atoms with E-state index in [0.29, 0.717) is 17.8 Å². The van der Waals surface area contributed by atoms with Gasteiger partial charge < -0.3 is 14.5 Å². The monoisotopic (exact) mass is 348 g/mol. The van der Waals surface area contributed by atoms with Crippen molar-refractivity contribution in [3.63, 3.8) is 0 Å². The molecule has 0 radical (unpaired) electrons. The maximum Gasteiger partial charge on any atom is 0.337 e. The summed E-state index contributed by atoms with van der Waals surface area (Å²) in [6.45, 7) is 7.34. The van der Waals surface area contributed by atoms with Gasteiger partial charge in [0.1, 0.15) is 0 Å². The third-order valence-corrected chi connectivity index (χ3v) is 3.87. The molecular formula is C19H28N2O4. The Bertz CT molecular complexity index is 578. The first kappa shape index (κ1) is 20.7. The number of carbonyl (C=O) groups is 3. The molecule has 0 fully saturated rings. The molecular weight excluding hydrogens is 320 g/mol. The van der Waals surface area contributed by atoms with E-state index >= 15 is 0 Å². The van der Waals surface area contributed by atoms with Crippen molar-refractivity contribution < 1.29 is 19.1 Å². The minimum absolute atomic E-state index is 0.0566. The van der Waals surface area contributed by atoms with Gasteiger partial charge in [0.2, 0.25) is 11.8 Å². The van der Waals surface area contributed by atoms with E-state index in [4.69, 9.17) is 0 Å². The van der Waals surface area contributed by atoms with Gasteiger partial charge in [-0.15, -0.1) is 0 Å². The minimum atomic E-state index is -0.425.